The minimum Gasteiger partial charge on any atom is -0.382 e. The number of rotatable bonds is 5. The van der Waals surface area contributed by atoms with Crippen LogP contribution in [0.25, 0.3) is 0 Å². The number of anilines is 1. The molecule has 1 aliphatic heterocycles. The van der Waals surface area contributed by atoms with Crippen molar-refractivity contribution in [3.63, 3.8) is 0 Å². The maximum absolute atomic E-state index is 11.4. The molecule has 0 unspecified atom stereocenters. The maximum Gasteiger partial charge on any atom is 0.285 e. The van der Waals surface area contributed by atoms with Crippen molar-refractivity contribution in [3.05, 3.63) is 56.4 Å². The summed E-state index contributed by atoms with van der Waals surface area (Å²) in [4.78, 5) is 13.9. The van der Waals surface area contributed by atoms with Gasteiger partial charge in [0.15, 0.2) is 0 Å². The molecule has 0 bridgehead atoms. The van der Waals surface area contributed by atoms with Crippen LogP contribution in [0.15, 0.2) is 35.3 Å². The highest BCUT2D eigenvalue weighted by Crippen LogP contribution is 2.23. The van der Waals surface area contributed by atoms with Crippen molar-refractivity contribution >= 4 is 28.9 Å². The molecular formula is C17H20Cl2N4O. The molecule has 2 heterocycles. The second-order valence-electron chi connectivity index (χ2n) is 6.12. The van der Waals surface area contributed by atoms with Crippen LogP contribution in [-0.4, -0.2) is 34.7 Å². The summed E-state index contributed by atoms with van der Waals surface area (Å²) in [6.07, 6.45) is 3.76. The van der Waals surface area contributed by atoms with E-state index in [-0.39, 0.29) is 10.6 Å². The van der Waals surface area contributed by atoms with Crippen LogP contribution in [0.3, 0.4) is 0 Å². The molecular weight excluding hydrogens is 347 g/mol. The predicted octanol–water partition coefficient (Wildman–Crippen LogP) is 3.40. The van der Waals surface area contributed by atoms with E-state index in [1.54, 1.807) is 6.20 Å². The zero-order valence-electron chi connectivity index (χ0n) is 13.3. The van der Waals surface area contributed by atoms with Crippen molar-refractivity contribution in [1.82, 2.24) is 15.1 Å². The first-order chi connectivity index (χ1) is 11.6. The molecule has 2 N–H and O–H groups in total. The van der Waals surface area contributed by atoms with Crippen molar-refractivity contribution in [1.29, 1.82) is 0 Å². The van der Waals surface area contributed by atoms with Crippen molar-refractivity contribution in [2.45, 2.75) is 19.4 Å². The van der Waals surface area contributed by atoms with Crippen molar-refractivity contribution < 1.29 is 0 Å². The summed E-state index contributed by atoms with van der Waals surface area (Å²) >= 11 is 12.2. The molecule has 0 atom stereocenters. The van der Waals surface area contributed by atoms with E-state index in [4.69, 9.17) is 23.2 Å². The average Bonchev–Trinajstić information content (AvgIpc) is 2.59. The van der Waals surface area contributed by atoms with Gasteiger partial charge in [-0.15, -0.1) is 0 Å². The minimum atomic E-state index is -0.365. The number of benzene rings is 1. The number of halogens is 2. The van der Waals surface area contributed by atoms with Gasteiger partial charge in [-0.2, -0.15) is 5.10 Å². The van der Waals surface area contributed by atoms with E-state index in [1.807, 2.05) is 18.2 Å². The molecule has 1 aromatic carbocycles. The summed E-state index contributed by atoms with van der Waals surface area (Å²) in [5.41, 5.74) is 1.41. The lowest BCUT2D eigenvalue weighted by atomic mass is 9.96. The third kappa shape index (κ3) is 4.29. The Labute approximate surface area is 151 Å². The van der Waals surface area contributed by atoms with E-state index in [1.165, 1.54) is 5.56 Å². The summed E-state index contributed by atoms with van der Waals surface area (Å²) in [5.74, 6) is 0.558. The van der Waals surface area contributed by atoms with Gasteiger partial charge < -0.3 is 5.32 Å². The van der Waals surface area contributed by atoms with Crippen LogP contribution in [-0.2, 0) is 6.54 Å². The summed E-state index contributed by atoms with van der Waals surface area (Å²) in [6, 6.07) is 8.00. The molecule has 0 saturated carbocycles. The summed E-state index contributed by atoms with van der Waals surface area (Å²) in [5, 5.41) is 10.3. The number of hydrogen-bond acceptors (Lipinski definition) is 4. The molecule has 3 rings (SSSR count). The highest BCUT2D eigenvalue weighted by Gasteiger charge is 2.20. The molecule has 1 fully saturated rings. The van der Waals surface area contributed by atoms with Crippen LogP contribution < -0.4 is 10.9 Å². The first-order valence-corrected chi connectivity index (χ1v) is 8.82. The van der Waals surface area contributed by atoms with Gasteiger partial charge in [0.05, 0.1) is 11.9 Å². The molecule has 0 aliphatic carbocycles. The molecule has 1 aliphatic rings. The Morgan fingerprint density at radius 2 is 2.00 bits per heavy atom. The van der Waals surface area contributed by atoms with Crippen LogP contribution in [0.1, 0.15) is 18.4 Å². The van der Waals surface area contributed by atoms with Gasteiger partial charge in [0.25, 0.3) is 5.56 Å². The molecule has 128 valence electrons. The summed E-state index contributed by atoms with van der Waals surface area (Å²) in [6.45, 7) is 3.77. The largest absolute Gasteiger partial charge is 0.382 e. The summed E-state index contributed by atoms with van der Waals surface area (Å²) < 4.78 is 0. The molecule has 24 heavy (non-hydrogen) atoms. The standard InChI is InChI=1S/C17H20Cl2N4O/c18-14-4-2-1-3-13(14)11-23-7-5-12(6-8-23)9-20-15-10-21-22-17(24)16(15)19/h1-4,10,12H,5-9,11H2,(H2,20,22,24). The van der Waals surface area contributed by atoms with Gasteiger partial charge in [-0.05, 0) is 43.5 Å². The Kier molecular flexibility index (Phi) is 5.76. The second kappa shape index (κ2) is 8.01. The highest BCUT2D eigenvalue weighted by atomic mass is 35.5. The number of hydrogen-bond donors (Lipinski definition) is 2. The molecule has 2 aromatic rings. The van der Waals surface area contributed by atoms with E-state index in [2.05, 4.69) is 26.5 Å². The zero-order chi connectivity index (χ0) is 16.9. The van der Waals surface area contributed by atoms with Crippen LogP contribution in [0.5, 0.6) is 0 Å². The van der Waals surface area contributed by atoms with Gasteiger partial charge >= 0.3 is 0 Å². The molecule has 1 aromatic heterocycles. The molecule has 1 saturated heterocycles. The fraction of sp³-hybridized carbons (Fsp3) is 0.412. The number of H-pyrrole nitrogens is 1. The Bertz CT molecular complexity index is 741. The molecule has 0 spiro atoms. The predicted molar refractivity (Wildman–Crippen MR) is 97.8 cm³/mol. The number of likely N-dealkylation sites (tertiary alicyclic amines) is 1. The first kappa shape index (κ1) is 17.3. The Morgan fingerprint density at radius 1 is 1.25 bits per heavy atom. The van der Waals surface area contributed by atoms with E-state index in [9.17, 15) is 4.79 Å². The van der Waals surface area contributed by atoms with Crippen molar-refractivity contribution in [3.8, 4) is 0 Å². The minimum absolute atomic E-state index is 0.168. The van der Waals surface area contributed by atoms with Gasteiger partial charge in [-0.25, -0.2) is 5.10 Å². The monoisotopic (exact) mass is 366 g/mol. The fourth-order valence-electron chi connectivity index (χ4n) is 2.98. The van der Waals surface area contributed by atoms with Gasteiger partial charge in [-0.3, -0.25) is 9.69 Å². The Balaban J connectivity index is 1.48. The number of aromatic nitrogens is 2. The van der Waals surface area contributed by atoms with Gasteiger partial charge in [0.2, 0.25) is 0 Å². The number of piperidine rings is 1. The fourth-order valence-corrected chi connectivity index (χ4v) is 3.33. The third-order valence-corrected chi connectivity index (χ3v) is 5.18. The van der Waals surface area contributed by atoms with Crippen molar-refractivity contribution in [2.24, 2.45) is 5.92 Å². The molecule has 0 radical (unpaired) electrons. The number of aromatic amines is 1. The second-order valence-corrected chi connectivity index (χ2v) is 6.90. The SMILES string of the molecule is O=c1[nH]ncc(NCC2CCN(Cc3ccccc3Cl)CC2)c1Cl. The quantitative estimate of drug-likeness (QED) is 0.851. The Hall–Kier alpha value is -1.56. The Morgan fingerprint density at radius 3 is 2.75 bits per heavy atom. The van der Waals surface area contributed by atoms with Crippen LogP contribution >= 0.6 is 23.2 Å². The zero-order valence-corrected chi connectivity index (χ0v) is 14.8. The average molecular weight is 367 g/mol. The smallest absolute Gasteiger partial charge is 0.285 e. The lowest BCUT2D eigenvalue weighted by Gasteiger charge is -2.32. The van der Waals surface area contributed by atoms with Crippen LogP contribution in [0.4, 0.5) is 5.69 Å². The molecule has 7 heteroatoms. The van der Waals surface area contributed by atoms with Crippen molar-refractivity contribution in [2.75, 3.05) is 25.0 Å². The van der Waals surface area contributed by atoms with Gasteiger partial charge in [0, 0.05) is 18.1 Å². The van der Waals surface area contributed by atoms with E-state index in [0.29, 0.717) is 11.6 Å². The lowest BCUT2D eigenvalue weighted by molar-refractivity contribution is 0.182. The molecule has 5 nitrogen and oxygen atoms in total. The maximum atomic E-state index is 11.4. The van der Waals surface area contributed by atoms with Crippen LogP contribution in [0, 0.1) is 5.92 Å². The van der Waals surface area contributed by atoms with Gasteiger partial charge in [0.1, 0.15) is 5.02 Å². The van der Waals surface area contributed by atoms with E-state index >= 15 is 0 Å². The number of nitrogens with zero attached hydrogens (tertiary/aromatic N) is 2. The summed E-state index contributed by atoms with van der Waals surface area (Å²) in [7, 11) is 0. The molecule has 0 amide bonds. The topological polar surface area (TPSA) is 61.0 Å². The van der Waals surface area contributed by atoms with E-state index < -0.39 is 0 Å². The van der Waals surface area contributed by atoms with Crippen LogP contribution in [0.2, 0.25) is 10.0 Å². The lowest BCUT2D eigenvalue weighted by Crippen LogP contribution is -2.35. The number of nitrogens with one attached hydrogen (secondary N) is 2. The van der Waals surface area contributed by atoms with Gasteiger partial charge in [-0.1, -0.05) is 41.4 Å². The van der Waals surface area contributed by atoms with E-state index in [0.717, 1.165) is 44.0 Å². The normalized spacial score (nSPS) is 16.2. The highest BCUT2D eigenvalue weighted by molar-refractivity contribution is 6.32. The third-order valence-electron chi connectivity index (χ3n) is 4.44. The first-order valence-electron chi connectivity index (χ1n) is 8.06.